The van der Waals surface area contributed by atoms with Gasteiger partial charge in [0.15, 0.2) is 11.5 Å². The van der Waals surface area contributed by atoms with E-state index in [4.69, 9.17) is 14.2 Å². The average molecular weight is 296 g/mol. The lowest BCUT2D eigenvalue weighted by Crippen LogP contribution is -2.22. The van der Waals surface area contributed by atoms with Crippen LogP contribution in [0.4, 0.5) is 0 Å². The maximum atomic E-state index is 5.83. The van der Waals surface area contributed by atoms with E-state index < -0.39 is 0 Å². The van der Waals surface area contributed by atoms with Gasteiger partial charge in [0.25, 0.3) is 0 Å². The highest BCUT2D eigenvalue weighted by atomic mass is 16.5. The number of hydrogen-bond acceptors (Lipinski definition) is 5. The van der Waals surface area contributed by atoms with Gasteiger partial charge in [0.2, 0.25) is 5.75 Å². The van der Waals surface area contributed by atoms with Gasteiger partial charge in [-0.2, -0.15) is 0 Å². The van der Waals surface area contributed by atoms with Crippen LogP contribution in [0.2, 0.25) is 0 Å². The first-order valence-electron chi connectivity index (χ1n) is 7.23. The van der Waals surface area contributed by atoms with Gasteiger partial charge in [-0.3, -0.25) is 0 Å². The molecule has 5 nitrogen and oxygen atoms in total. The lowest BCUT2D eigenvalue weighted by Gasteiger charge is -2.18. The van der Waals surface area contributed by atoms with Gasteiger partial charge in [0.1, 0.15) is 6.61 Å². The largest absolute Gasteiger partial charge is 0.493 e. The molecule has 1 aromatic rings. The molecule has 1 aromatic carbocycles. The molecule has 120 valence electrons. The van der Waals surface area contributed by atoms with Crippen LogP contribution >= 0.6 is 0 Å². The molecule has 0 saturated heterocycles. The fourth-order valence-electron chi connectivity index (χ4n) is 1.83. The Hall–Kier alpha value is -1.46. The van der Waals surface area contributed by atoms with Gasteiger partial charge in [0, 0.05) is 19.1 Å². The number of likely N-dealkylation sites (N-methyl/N-ethyl adjacent to an activating group) is 1. The standard InChI is InChI=1S/C16H28N2O3/c1-12(2)17-11-13-9-14(19-5)16(15(10-13)20-6)21-8-7-18(3)4/h9-10,12,17H,7-8,11H2,1-6H3. The number of nitrogens with one attached hydrogen (secondary N) is 1. The van der Waals surface area contributed by atoms with Gasteiger partial charge in [-0.05, 0) is 31.8 Å². The van der Waals surface area contributed by atoms with Crippen LogP contribution in [0.1, 0.15) is 19.4 Å². The molecule has 0 fully saturated rings. The lowest BCUT2D eigenvalue weighted by molar-refractivity contribution is 0.239. The molecule has 0 bridgehead atoms. The second-order valence-electron chi connectivity index (χ2n) is 5.52. The lowest BCUT2D eigenvalue weighted by atomic mass is 10.1. The van der Waals surface area contributed by atoms with E-state index in [1.165, 1.54) is 0 Å². The molecular weight excluding hydrogens is 268 g/mol. The SMILES string of the molecule is COc1cc(CNC(C)C)cc(OC)c1OCCN(C)C. The quantitative estimate of drug-likeness (QED) is 0.756. The number of nitrogens with zero attached hydrogens (tertiary/aromatic N) is 1. The summed E-state index contributed by atoms with van der Waals surface area (Å²) in [4.78, 5) is 2.07. The van der Waals surface area contributed by atoms with Crippen molar-refractivity contribution in [2.24, 2.45) is 0 Å². The molecule has 0 aliphatic heterocycles. The summed E-state index contributed by atoms with van der Waals surface area (Å²) in [5.41, 5.74) is 1.11. The van der Waals surface area contributed by atoms with Gasteiger partial charge >= 0.3 is 0 Å². The van der Waals surface area contributed by atoms with Crippen molar-refractivity contribution in [2.45, 2.75) is 26.4 Å². The van der Waals surface area contributed by atoms with Crippen LogP contribution in [0.15, 0.2) is 12.1 Å². The minimum absolute atomic E-state index is 0.429. The Morgan fingerprint density at radius 3 is 2.10 bits per heavy atom. The molecule has 21 heavy (non-hydrogen) atoms. The van der Waals surface area contributed by atoms with Gasteiger partial charge in [-0.25, -0.2) is 0 Å². The Morgan fingerprint density at radius 2 is 1.67 bits per heavy atom. The number of hydrogen-bond donors (Lipinski definition) is 1. The molecule has 1 N–H and O–H groups in total. The Kier molecular flexibility index (Phi) is 7.32. The number of rotatable bonds is 9. The molecule has 0 radical (unpaired) electrons. The molecule has 0 aliphatic carbocycles. The van der Waals surface area contributed by atoms with E-state index >= 15 is 0 Å². The normalized spacial score (nSPS) is 11.0. The monoisotopic (exact) mass is 296 g/mol. The van der Waals surface area contributed by atoms with E-state index in [2.05, 4.69) is 24.1 Å². The van der Waals surface area contributed by atoms with Crippen molar-refractivity contribution in [1.29, 1.82) is 0 Å². The molecule has 0 amide bonds. The molecule has 5 heteroatoms. The van der Waals surface area contributed by atoms with E-state index in [9.17, 15) is 0 Å². The average Bonchev–Trinajstić information content (AvgIpc) is 2.44. The fraction of sp³-hybridized carbons (Fsp3) is 0.625. The van der Waals surface area contributed by atoms with E-state index in [1.807, 2.05) is 26.2 Å². The van der Waals surface area contributed by atoms with Crippen LogP contribution in [0.3, 0.4) is 0 Å². The first-order valence-corrected chi connectivity index (χ1v) is 7.23. The zero-order chi connectivity index (χ0) is 15.8. The fourth-order valence-corrected chi connectivity index (χ4v) is 1.83. The second-order valence-corrected chi connectivity index (χ2v) is 5.52. The smallest absolute Gasteiger partial charge is 0.203 e. The molecule has 0 aliphatic rings. The molecule has 0 atom stereocenters. The summed E-state index contributed by atoms with van der Waals surface area (Å²) in [5.74, 6) is 2.07. The summed E-state index contributed by atoms with van der Waals surface area (Å²) in [6, 6.07) is 4.41. The van der Waals surface area contributed by atoms with Crippen LogP contribution in [-0.2, 0) is 6.54 Å². The van der Waals surface area contributed by atoms with Crippen molar-refractivity contribution in [1.82, 2.24) is 10.2 Å². The molecular formula is C16H28N2O3. The van der Waals surface area contributed by atoms with Crippen molar-refractivity contribution in [3.05, 3.63) is 17.7 Å². The minimum Gasteiger partial charge on any atom is -0.493 e. The summed E-state index contributed by atoms with van der Waals surface area (Å²) in [7, 11) is 7.32. The van der Waals surface area contributed by atoms with Gasteiger partial charge < -0.3 is 24.4 Å². The van der Waals surface area contributed by atoms with Gasteiger partial charge in [-0.1, -0.05) is 13.8 Å². The summed E-state index contributed by atoms with van der Waals surface area (Å²) in [5, 5.41) is 3.38. The van der Waals surface area contributed by atoms with Gasteiger partial charge in [-0.15, -0.1) is 0 Å². The summed E-state index contributed by atoms with van der Waals surface area (Å²) in [6.45, 7) is 6.43. The second kappa shape index (κ2) is 8.74. The number of benzene rings is 1. The predicted octanol–water partition coefficient (Wildman–Crippen LogP) is 2.14. The van der Waals surface area contributed by atoms with Crippen LogP contribution in [-0.4, -0.2) is 52.4 Å². The van der Waals surface area contributed by atoms with E-state index in [0.29, 0.717) is 29.9 Å². The highest BCUT2D eigenvalue weighted by Gasteiger charge is 2.14. The van der Waals surface area contributed by atoms with Gasteiger partial charge in [0.05, 0.1) is 14.2 Å². The van der Waals surface area contributed by atoms with Crippen molar-refractivity contribution >= 4 is 0 Å². The van der Waals surface area contributed by atoms with E-state index in [-0.39, 0.29) is 0 Å². The Morgan fingerprint density at radius 1 is 1.10 bits per heavy atom. The number of methoxy groups -OCH3 is 2. The minimum atomic E-state index is 0.429. The molecule has 1 rings (SSSR count). The maximum absolute atomic E-state index is 5.83. The molecule has 0 saturated carbocycles. The summed E-state index contributed by atoms with van der Waals surface area (Å²) in [6.07, 6.45) is 0. The summed E-state index contributed by atoms with van der Waals surface area (Å²) >= 11 is 0. The molecule has 0 unspecified atom stereocenters. The maximum Gasteiger partial charge on any atom is 0.203 e. The molecule has 0 heterocycles. The zero-order valence-corrected chi connectivity index (χ0v) is 14.0. The zero-order valence-electron chi connectivity index (χ0n) is 14.0. The van der Waals surface area contributed by atoms with Crippen LogP contribution in [0.25, 0.3) is 0 Å². The molecule has 0 aromatic heterocycles. The highest BCUT2D eigenvalue weighted by Crippen LogP contribution is 2.38. The van der Waals surface area contributed by atoms with Crippen LogP contribution in [0, 0.1) is 0 Å². The highest BCUT2D eigenvalue weighted by molar-refractivity contribution is 5.53. The third-order valence-electron chi connectivity index (χ3n) is 3.02. The molecule has 0 spiro atoms. The van der Waals surface area contributed by atoms with Crippen molar-refractivity contribution < 1.29 is 14.2 Å². The van der Waals surface area contributed by atoms with E-state index in [1.54, 1.807) is 14.2 Å². The first kappa shape index (κ1) is 17.6. The first-order chi connectivity index (χ1) is 9.97. The Bertz CT molecular complexity index is 409. The topological polar surface area (TPSA) is 43.0 Å². The van der Waals surface area contributed by atoms with Crippen molar-refractivity contribution in [3.63, 3.8) is 0 Å². The van der Waals surface area contributed by atoms with Crippen LogP contribution < -0.4 is 19.5 Å². The van der Waals surface area contributed by atoms with Crippen molar-refractivity contribution in [3.8, 4) is 17.2 Å². The third kappa shape index (κ3) is 5.81. The Labute approximate surface area is 128 Å². The number of ether oxygens (including phenoxy) is 3. The predicted molar refractivity (Wildman–Crippen MR) is 85.6 cm³/mol. The van der Waals surface area contributed by atoms with E-state index in [0.717, 1.165) is 18.7 Å². The van der Waals surface area contributed by atoms with Crippen molar-refractivity contribution in [2.75, 3.05) is 41.5 Å². The Balaban J connectivity index is 2.90. The third-order valence-corrected chi connectivity index (χ3v) is 3.02. The van der Waals surface area contributed by atoms with Crippen LogP contribution in [0.5, 0.6) is 17.2 Å². The summed E-state index contributed by atoms with van der Waals surface area (Å²) < 4.78 is 16.7.